The Hall–Kier alpha value is -2.27. The molecule has 2 heterocycles. The maximum atomic E-state index is 12.5. The first-order chi connectivity index (χ1) is 10.7. The van der Waals surface area contributed by atoms with Crippen LogP contribution in [0.25, 0.3) is 0 Å². The fraction of sp³-hybridized carbons (Fsp3) is 0.250. The van der Waals surface area contributed by atoms with Crippen LogP contribution < -0.4 is 10.6 Å². The summed E-state index contributed by atoms with van der Waals surface area (Å²) in [5, 5.41) is 6.93. The minimum Gasteiger partial charge on any atom is -0.451 e. The third kappa shape index (κ3) is 2.27. The number of hydrogen-bond donors (Lipinski definition) is 2. The number of hydrogen-bond acceptors (Lipinski definition) is 4. The zero-order chi connectivity index (χ0) is 15.2. The molecule has 4 rings (SSSR count). The lowest BCUT2D eigenvalue weighted by molar-refractivity contribution is -0.118. The standard InChI is InChI=1S/C16H14ClN3O2/c17-11-2-4-12-10(7-11)1-3-13(19-12)15(21)20-16(5-6-16)14-8-22-9-18-14/h2-4,7-9,19H,1,5-6H2,(H,20,21). The molecule has 1 fully saturated rings. The predicted molar refractivity (Wildman–Crippen MR) is 82.4 cm³/mol. The van der Waals surface area contributed by atoms with Crippen LogP contribution in [0, 0.1) is 0 Å². The lowest BCUT2D eigenvalue weighted by atomic mass is 10.0. The van der Waals surface area contributed by atoms with Crippen LogP contribution in [0.15, 0.2) is 47.0 Å². The second-order valence-corrected chi connectivity index (χ2v) is 6.09. The van der Waals surface area contributed by atoms with Gasteiger partial charge in [-0.05, 0) is 43.0 Å². The third-order valence-electron chi connectivity index (χ3n) is 4.13. The number of fused-ring (bicyclic) bond motifs is 1. The van der Waals surface area contributed by atoms with E-state index in [2.05, 4.69) is 15.6 Å². The Kier molecular flexibility index (Phi) is 2.97. The number of rotatable bonds is 3. The van der Waals surface area contributed by atoms with Crippen LogP contribution in [0.5, 0.6) is 0 Å². The molecule has 1 aliphatic carbocycles. The summed E-state index contributed by atoms with van der Waals surface area (Å²) in [5.41, 5.74) is 2.98. The van der Waals surface area contributed by atoms with Crippen LogP contribution >= 0.6 is 11.6 Å². The van der Waals surface area contributed by atoms with Crippen LogP contribution in [-0.2, 0) is 16.8 Å². The quantitative estimate of drug-likeness (QED) is 0.913. The van der Waals surface area contributed by atoms with Crippen molar-refractivity contribution in [3.8, 4) is 0 Å². The van der Waals surface area contributed by atoms with Crippen molar-refractivity contribution in [2.45, 2.75) is 24.8 Å². The van der Waals surface area contributed by atoms with Crippen molar-refractivity contribution < 1.29 is 9.21 Å². The number of allylic oxidation sites excluding steroid dienone is 1. The van der Waals surface area contributed by atoms with E-state index >= 15 is 0 Å². The second kappa shape index (κ2) is 4.88. The monoisotopic (exact) mass is 315 g/mol. The smallest absolute Gasteiger partial charge is 0.268 e. The highest BCUT2D eigenvalue weighted by Crippen LogP contribution is 2.44. The summed E-state index contributed by atoms with van der Waals surface area (Å²) in [7, 11) is 0. The average molecular weight is 316 g/mol. The number of aromatic nitrogens is 1. The Balaban J connectivity index is 1.51. The highest BCUT2D eigenvalue weighted by molar-refractivity contribution is 6.30. The van der Waals surface area contributed by atoms with Crippen molar-refractivity contribution in [2.75, 3.05) is 5.32 Å². The molecule has 22 heavy (non-hydrogen) atoms. The summed E-state index contributed by atoms with van der Waals surface area (Å²) in [6.07, 6.45) is 7.30. The highest BCUT2D eigenvalue weighted by Gasteiger charge is 2.48. The molecule has 0 radical (unpaired) electrons. The normalized spacial score (nSPS) is 18.0. The van der Waals surface area contributed by atoms with Gasteiger partial charge in [-0.15, -0.1) is 0 Å². The lowest BCUT2D eigenvalue weighted by Crippen LogP contribution is -2.38. The van der Waals surface area contributed by atoms with Crippen LogP contribution in [0.1, 0.15) is 24.1 Å². The Morgan fingerprint density at radius 2 is 2.27 bits per heavy atom. The van der Waals surface area contributed by atoms with Gasteiger partial charge in [-0.1, -0.05) is 17.7 Å². The zero-order valence-electron chi connectivity index (χ0n) is 11.7. The molecule has 2 N–H and O–H groups in total. The van der Waals surface area contributed by atoms with E-state index in [1.54, 1.807) is 6.26 Å². The van der Waals surface area contributed by atoms with Crippen LogP contribution in [0.4, 0.5) is 5.69 Å². The van der Waals surface area contributed by atoms with Crippen molar-refractivity contribution in [3.05, 3.63) is 58.9 Å². The third-order valence-corrected chi connectivity index (χ3v) is 4.37. The molecule has 1 aromatic carbocycles. The summed E-state index contributed by atoms with van der Waals surface area (Å²) in [5.74, 6) is -0.124. The van der Waals surface area contributed by atoms with Crippen molar-refractivity contribution >= 4 is 23.2 Å². The number of amides is 1. The Bertz CT molecular complexity index is 764. The van der Waals surface area contributed by atoms with E-state index in [9.17, 15) is 4.79 Å². The fourth-order valence-electron chi connectivity index (χ4n) is 2.71. The van der Waals surface area contributed by atoms with Crippen molar-refractivity contribution in [1.29, 1.82) is 0 Å². The Morgan fingerprint density at radius 1 is 1.41 bits per heavy atom. The number of carbonyl (C=O) groups excluding carboxylic acids is 1. The van der Waals surface area contributed by atoms with Crippen LogP contribution in [-0.4, -0.2) is 10.9 Å². The van der Waals surface area contributed by atoms with Gasteiger partial charge >= 0.3 is 0 Å². The lowest BCUT2D eigenvalue weighted by Gasteiger charge is -2.21. The fourth-order valence-corrected chi connectivity index (χ4v) is 2.91. The average Bonchev–Trinajstić information content (AvgIpc) is 3.09. The maximum Gasteiger partial charge on any atom is 0.268 e. The molecule has 0 saturated heterocycles. The molecule has 0 atom stereocenters. The highest BCUT2D eigenvalue weighted by atomic mass is 35.5. The van der Waals surface area contributed by atoms with Gasteiger partial charge in [0.05, 0.1) is 5.54 Å². The molecule has 6 heteroatoms. The number of nitrogens with one attached hydrogen (secondary N) is 2. The second-order valence-electron chi connectivity index (χ2n) is 5.66. The van der Waals surface area contributed by atoms with E-state index in [4.69, 9.17) is 16.0 Å². The first kappa shape index (κ1) is 13.4. The van der Waals surface area contributed by atoms with Gasteiger partial charge in [-0.25, -0.2) is 4.98 Å². The van der Waals surface area contributed by atoms with E-state index in [-0.39, 0.29) is 11.4 Å². The predicted octanol–water partition coefficient (Wildman–Crippen LogP) is 2.99. The minimum absolute atomic E-state index is 0.124. The number of nitrogens with zero attached hydrogens (tertiary/aromatic N) is 1. The number of benzene rings is 1. The number of halogens is 1. The molecule has 1 amide bonds. The number of anilines is 1. The Labute approximate surface area is 132 Å². The molecule has 0 bridgehead atoms. The molecular formula is C16H14ClN3O2. The summed E-state index contributed by atoms with van der Waals surface area (Å²) in [4.78, 5) is 16.7. The molecular weight excluding hydrogens is 302 g/mol. The molecule has 1 aliphatic heterocycles. The minimum atomic E-state index is -0.368. The van der Waals surface area contributed by atoms with Gasteiger partial charge in [0.2, 0.25) is 0 Å². The van der Waals surface area contributed by atoms with Crippen molar-refractivity contribution in [1.82, 2.24) is 10.3 Å². The summed E-state index contributed by atoms with van der Waals surface area (Å²) >= 11 is 5.98. The van der Waals surface area contributed by atoms with Crippen molar-refractivity contribution in [3.63, 3.8) is 0 Å². The van der Waals surface area contributed by atoms with Crippen molar-refractivity contribution in [2.24, 2.45) is 0 Å². The maximum absolute atomic E-state index is 12.5. The number of oxazole rings is 1. The molecule has 5 nitrogen and oxygen atoms in total. The van der Waals surface area contributed by atoms with E-state index in [0.29, 0.717) is 17.1 Å². The molecule has 0 unspecified atom stereocenters. The van der Waals surface area contributed by atoms with E-state index in [1.165, 1.54) is 6.39 Å². The number of carbonyl (C=O) groups is 1. The molecule has 2 aromatic rings. The van der Waals surface area contributed by atoms with Gasteiger partial charge < -0.3 is 15.1 Å². The summed E-state index contributed by atoms with van der Waals surface area (Å²) in [6.45, 7) is 0. The summed E-state index contributed by atoms with van der Waals surface area (Å²) < 4.78 is 5.02. The molecule has 112 valence electrons. The molecule has 1 aromatic heterocycles. The van der Waals surface area contributed by atoms with Gasteiger partial charge in [-0.3, -0.25) is 4.79 Å². The zero-order valence-corrected chi connectivity index (χ0v) is 12.5. The van der Waals surface area contributed by atoms with Gasteiger partial charge in [0.15, 0.2) is 6.39 Å². The van der Waals surface area contributed by atoms with E-state index in [0.717, 1.165) is 29.8 Å². The topological polar surface area (TPSA) is 67.2 Å². The first-order valence-corrected chi connectivity index (χ1v) is 7.51. The van der Waals surface area contributed by atoms with Gasteiger partial charge in [0.25, 0.3) is 5.91 Å². The van der Waals surface area contributed by atoms with Gasteiger partial charge in [-0.2, -0.15) is 0 Å². The van der Waals surface area contributed by atoms with E-state index in [1.807, 2.05) is 24.3 Å². The molecule has 1 saturated carbocycles. The first-order valence-electron chi connectivity index (χ1n) is 7.13. The van der Waals surface area contributed by atoms with Gasteiger partial charge in [0, 0.05) is 10.7 Å². The Morgan fingerprint density at radius 3 is 3.00 bits per heavy atom. The SMILES string of the molecule is O=C(NC1(c2cocn2)CC1)C1=CCc2cc(Cl)ccc2N1. The molecule has 0 spiro atoms. The van der Waals surface area contributed by atoms with Gasteiger partial charge in [0.1, 0.15) is 17.7 Å². The van der Waals surface area contributed by atoms with Crippen LogP contribution in [0.3, 0.4) is 0 Å². The molecule has 2 aliphatic rings. The summed E-state index contributed by atoms with van der Waals surface area (Å²) in [6, 6.07) is 5.61. The van der Waals surface area contributed by atoms with E-state index < -0.39 is 0 Å². The van der Waals surface area contributed by atoms with Crippen LogP contribution in [0.2, 0.25) is 5.02 Å². The largest absolute Gasteiger partial charge is 0.451 e.